The molecule has 0 aliphatic rings. The summed E-state index contributed by atoms with van der Waals surface area (Å²) >= 11 is 6.14. The van der Waals surface area contributed by atoms with Crippen LogP contribution >= 0.6 is 11.6 Å². The molecule has 0 aliphatic heterocycles. The molecule has 4 nitrogen and oxygen atoms in total. The van der Waals surface area contributed by atoms with Crippen LogP contribution in [0.3, 0.4) is 0 Å². The van der Waals surface area contributed by atoms with E-state index in [2.05, 4.69) is 5.32 Å². The second-order valence-electron chi connectivity index (χ2n) is 5.35. The number of anilines is 1. The number of methoxy groups -OCH3 is 1. The van der Waals surface area contributed by atoms with Crippen molar-refractivity contribution in [3.05, 3.63) is 52.5 Å². The summed E-state index contributed by atoms with van der Waals surface area (Å²) in [4.78, 5) is 12.2. The van der Waals surface area contributed by atoms with E-state index in [1.807, 2.05) is 26.0 Å². The van der Waals surface area contributed by atoms with Gasteiger partial charge in [-0.1, -0.05) is 11.6 Å². The third kappa shape index (κ3) is 4.39. The molecule has 1 unspecified atom stereocenters. The molecule has 0 bridgehead atoms. The Balaban J connectivity index is 2.02. The summed E-state index contributed by atoms with van der Waals surface area (Å²) in [7, 11) is 1.60. The molecule has 122 valence electrons. The molecule has 2 aromatic rings. The number of carbonyl (C=O) groups is 1. The van der Waals surface area contributed by atoms with Crippen LogP contribution in [0.4, 0.5) is 5.69 Å². The molecule has 2 aromatic carbocycles. The van der Waals surface area contributed by atoms with E-state index in [0.29, 0.717) is 16.5 Å². The van der Waals surface area contributed by atoms with Gasteiger partial charge in [-0.05, 0) is 68.3 Å². The number of rotatable bonds is 5. The fraction of sp³-hybridized carbons (Fsp3) is 0.278. The molecule has 0 fully saturated rings. The predicted molar refractivity (Wildman–Crippen MR) is 92.6 cm³/mol. The smallest absolute Gasteiger partial charge is 0.265 e. The zero-order valence-electron chi connectivity index (χ0n) is 13.6. The van der Waals surface area contributed by atoms with Gasteiger partial charge in [0.15, 0.2) is 6.10 Å². The Kier molecular flexibility index (Phi) is 5.50. The van der Waals surface area contributed by atoms with E-state index >= 15 is 0 Å². The number of ether oxygens (including phenoxy) is 2. The SMILES string of the molecule is COc1ccc(NC(=O)C(C)Oc2cc(C)c(Cl)c(C)c2)cc1. The fourth-order valence-electron chi connectivity index (χ4n) is 2.15. The monoisotopic (exact) mass is 333 g/mol. The highest BCUT2D eigenvalue weighted by Crippen LogP contribution is 2.26. The van der Waals surface area contributed by atoms with Crippen LogP contribution in [-0.4, -0.2) is 19.1 Å². The van der Waals surface area contributed by atoms with Crippen LogP contribution in [0, 0.1) is 13.8 Å². The Bertz CT molecular complexity index is 675. The Morgan fingerprint density at radius 3 is 2.17 bits per heavy atom. The van der Waals surface area contributed by atoms with Crippen LogP contribution in [-0.2, 0) is 4.79 Å². The van der Waals surface area contributed by atoms with Crippen molar-refractivity contribution in [1.82, 2.24) is 0 Å². The first-order chi connectivity index (χ1) is 10.9. The molecule has 0 heterocycles. The van der Waals surface area contributed by atoms with E-state index in [9.17, 15) is 4.79 Å². The maximum atomic E-state index is 12.2. The zero-order valence-corrected chi connectivity index (χ0v) is 14.4. The van der Waals surface area contributed by atoms with Crippen LogP contribution < -0.4 is 14.8 Å². The van der Waals surface area contributed by atoms with Crippen molar-refractivity contribution in [2.24, 2.45) is 0 Å². The van der Waals surface area contributed by atoms with Gasteiger partial charge in [-0.15, -0.1) is 0 Å². The molecule has 0 saturated heterocycles. The number of aryl methyl sites for hydroxylation is 2. The minimum Gasteiger partial charge on any atom is -0.497 e. The highest BCUT2D eigenvalue weighted by Gasteiger charge is 2.16. The normalized spacial score (nSPS) is 11.7. The summed E-state index contributed by atoms with van der Waals surface area (Å²) in [5.74, 6) is 1.14. The zero-order chi connectivity index (χ0) is 17.0. The lowest BCUT2D eigenvalue weighted by Crippen LogP contribution is -2.30. The average Bonchev–Trinajstić information content (AvgIpc) is 2.53. The first kappa shape index (κ1) is 17.2. The van der Waals surface area contributed by atoms with Crippen molar-refractivity contribution in [1.29, 1.82) is 0 Å². The Hall–Kier alpha value is -2.20. The average molecular weight is 334 g/mol. The van der Waals surface area contributed by atoms with E-state index in [1.54, 1.807) is 38.3 Å². The van der Waals surface area contributed by atoms with Crippen LogP contribution in [0.2, 0.25) is 5.02 Å². The fourth-order valence-corrected chi connectivity index (χ4v) is 2.26. The number of amides is 1. The van der Waals surface area contributed by atoms with Gasteiger partial charge >= 0.3 is 0 Å². The largest absolute Gasteiger partial charge is 0.497 e. The summed E-state index contributed by atoms with van der Waals surface area (Å²) in [6, 6.07) is 10.8. The van der Waals surface area contributed by atoms with Crippen LogP contribution in [0.5, 0.6) is 11.5 Å². The quantitative estimate of drug-likeness (QED) is 0.883. The molecule has 0 aliphatic carbocycles. The number of halogens is 1. The third-order valence-electron chi connectivity index (χ3n) is 3.45. The molecule has 1 atom stereocenters. The molecule has 23 heavy (non-hydrogen) atoms. The lowest BCUT2D eigenvalue weighted by atomic mass is 10.1. The van der Waals surface area contributed by atoms with Crippen molar-refractivity contribution in [2.75, 3.05) is 12.4 Å². The van der Waals surface area contributed by atoms with Gasteiger partial charge in [0, 0.05) is 10.7 Å². The van der Waals surface area contributed by atoms with Gasteiger partial charge in [0.1, 0.15) is 11.5 Å². The number of carbonyl (C=O) groups excluding carboxylic acids is 1. The molecule has 0 saturated carbocycles. The highest BCUT2D eigenvalue weighted by molar-refractivity contribution is 6.32. The van der Waals surface area contributed by atoms with E-state index in [4.69, 9.17) is 21.1 Å². The maximum Gasteiger partial charge on any atom is 0.265 e. The molecule has 0 aromatic heterocycles. The first-order valence-corrected chi connectivity index (χ1v) is 7.67. The summed E-state index contributed by atoms with van der Waals surface area (Å²) in [6.07, 6.45) is -0.628. The Morgan fingerprint density at radius 2 is 1.65 bits per heavy atom. The van der Waals surface area contributed by atoms with Gasteiger partial charge in [0.2, 0.25) is 0 Å². The van der Waals surface area contributed by atoms with E-state index < -0.39 is 6.10 Å². The summed E-state index contributed by atoms with van der Waals surface area (Å²) in [6.45, 7) is 5.52. The van der Waals surface area contributed by atoms with E-state index in [0.717, 1.165) is 16.9 Å². The molecule has 0 spiro atoms. The molecular formula is C18H20ClNO3. The van der Waals surface area contributed by atoms with Gasteiger partial charge in [-0.25, -0.2) is 0 Å². The van der Waals surface area contributed by atoms with Gasteiger partial charge in [0.25, 0.3) is 5.91 Å². The van der Waals surface area contributed by atoms with Crippen LogP contribution in [0.25, 0.3) is 0 Å². The van der Waals surface area contributed by atoms with Gasteiger partial charge in [-0.3, -0.25) is 4.79 Å². The number of benzene rings is 2. The molecule has 1 amide bonds. The predicted octanol–water partition coefficient (Wildman–Crippen LogP) is 4.37. The van der Waals surface area contributed by atoms with Crippen LogP contribution in [0.1, 0.15) is 18.1 Å². The Morgan fingerprint density at radius 1 is 1.09 bits per heavy atom. The van der Waals surface area contributed by atoms with Crippen molar-refractivity contribution in [3.8, 4) is 11.5 Å². The molecule has 0 radical (unpaired) electrons. The minimum atomic E-state index is -0.628. The summed E-state index contributed by atoms with van der Waals surface area (Å²) in [5.41, 5.74) is 2.53. The van der Waals surface area contributed by atoms with Gasteiger partial charge in [0.05, 0.1) is 7.11 Å². The van der Waals surface area contributed by atoms with Crippen molar-refractivity contribution in [3.63, 3.8) is 0 Å². The van der Waals surface area contributed by atoms with E-state index in [1.165, 1.54) is 0 Å². The second-order valence-corrected chi connectivity index (χ2v) is 5.73. The third-order valence-corrected chi connectivity index (χ3v) is 4.05. The van der Waals surface area contributed by atoms with Gasteiger partial charge in [-0.2, -0.15) is 0 Å². The minimum absolute atomic E-state index is 0.222. The van der Waals surface area contributed by atoms with Gasteiger partial charge < -0.3 is 14.8 Å². The first-order valence-electron chi connectivity index (χ1n) is 7.29. The summed E-state index contributed by atoms with van der Waals surface area (Å²) in [5, 5.41) is 3.52. The number of nitrogens with one attached hydrogen (secondary N) is 1. The van der Waals surface area contributed by atoms with Crippen molar-refractivity contribution < 1.29 is 14.3 Å². The topological polar surface area (TPSA) is 47.6 Å². The van der Waals surface area contributed by atoms with Crippen molar-refractivity contribution in [2.45, 2.75) is 26.9 Å². The maximum absolute atomic E-state index is 12.2. The lowest BCUT2D eigenvalue weighted by Gasteiger charge is -2.16. The van der Waals surface area contributed by atoms with Crippen molar-refractivity contribution >= 4 is 23.2 Å². The number of hydrogen-bond donors (Lipinski definition) is 1. The molecule has 5 heteroatoms. The second kappa shape index (κ2) is 7.38. The Labute approximate surface area is 141 Å². The van der Waals surface area contributed by atoms with Crippen LogP contribution in [0.15, 0.2) is 36.4 Å². The molecule has 1 N–H and O–H groups in total. The molecular weight excluding hydrogens is 314 g/mol. The molecule has 2 rings (SSSR count). The highest BCUT2D eigenvalue weighted by atomic mass is 35.5. The lowest BCUT2D eigenvalue weighted by molar-refractivity contribution is -0.122. The summed E-state index contributed by atoms with van der Waals surface area (Å²) < 4.78 is 10.8. The standard InChI is InChI=1S/C18H20ClNO3/c1-11-9-16(10-12(2)17(11)19)23-13(3)18(21)20-14-5-7-15(22-4)8-6-14/h5-10,13H,1-4H3,(H,20,21). The van der Waals surface area contributed by atoms with E-state index in [-0.39, 0.29) is 5.91 Å². The number of hydrogen-bond acceptors (Lipinski definition) is 3.